The van der Waals surface area contributed by atoms with Gasteiger partial charge in [0.25, 0.3) is 0 Å². The molecule has 0 saturated carbocycles. The second-order valence-electron chi connectivity index (χ2n) is 8.90. The zero-order valence-corrected chi connectivity index (χ0v) is 19.0. The third-order valence-electron chi connectivity index (χ3n) is 6.56. The Morgan fingerprint density at radius 2 is 1.68 bits per heavy atom. The number of ether oxygens (including phenoxy) is 1. The van der Waals surface area contributed by atoms with Crippen LogP contribution in [0.1, 0.15) is 40.3 Å². The smallest absolute Gasteiger partial charge is 0.341 e. The van der Waals surface area contributed by atoms with Crippen molar-refractivity contribution in [1.82, 2.24) is 9.78 Å². The van der Waals surface area contributed by atoms with Crippen molar-refractivity contribution in [2.45, 2.75) is 31.7 Å². The van der Waals surface area contributed by atoms with Gasteiger partial charge in [0.1, 0.15) is 5.75 Å². The summed E-state index contributed by atoms with van der Waals surface area (Å²) < 4.78 is 7.59. The predicted molar refractivity (Wildman–Crippen MR) is 131 cm³/mol. The van der Waals surface area contributed by atoms with Gasteiger partial charge < -0.3 is 9.84 Å². The molecule has 0 radical (unpaired) electrons. The minimum Gasteiger partial charge on any atom is -0.482 e. The number of fused-ring (bicyclic) bond motifs is 1. The topological polar surface area (TPSA) is 64.3 Å². The SMILES string of the molecule is O=C(O)COc1cccc2c1CCC(Cn1ccc(C(c3ccccc3)c3ccccc3)n1)C2. The van der Waals surface area contributed by atoms with Gasteiger partial charge in [0.2, 0.25) is 0 Å². The fraction of sp³-hybridized carbons (Fsp3) is 0.241. The molecule has 4 aromatic rings. The molecule has 1 aliphatic rings. The van der Waals surface area contributed by atoms with Crippen molar-refractivity contribution in [3.63, 3.8) is 0 Å². The zero-order valence-electron chi connectivity index (χ0n) is 19.0. The van der Waals surface area contributed by atoms with Gasteiger partial charge >= 0.3 is 5.97 Å². The van der Waals surface area contributed by atoms with Crippen molar-refractivity contribution in [2.24, 2.45) is 5.92 Å². The molecule has 172 valence electrons. The Balaban J connectivity index is 1.33. The molecule has 0 spiro atoms. The van der Waals surface area contributed by atoms with Crippen LogP contribution in [0.15, 0.2) is 91.1 Å². The second-order valence-corrected chi connectivity index (χ2v) is 8.90. The molecule has 1 heterocycles. The summed E-state index contributed by atoms with van der Waals surface area (Å²) in [6, 6.07) is 29.2. The van der Waals surface area contributed by atoms with Crippen molar-refractivity contribution in [1.29, 1.82) is 0 Å². The predicted octanol–water partition coefficient (Wildman–Crippen LogP) is 5.33. The van der Waals surface area contributed by atoms with Crippen LogP contribution in [0.5, 0.6) is 5.75 Å². The van der Waals surface area contributed by atoms with Gasteiger partial charge in [0, 0.05) is 12.7 Å². The van der Waals surface area contributed by atoms with E-state index in [-0.39, 0.29) is 12.5 Å². The highest BCUT2D eigenvalue weighted by Gasteiger charge is 2.24. The number of hydrogen-bond acceptors (Lipinski definition) is 3. The minimum absolute atomic E-state index is 0.102. The molecule has 1 unspecified atom stereocenters. The van der Waals surface area contributed by atoms with E-state index in [1.54, 1.807) is 0 Å². The van der Waals surface area contributed by atoms with Gasteiger partial charge in [0.05, 0.1) is 11.6 Å². The van der Waals surface area contributed by atoms with Gasteiger partial charge in [-0.2, -0.15) is 5.10 Å². The Labute approximate surface area is 199 Å². The van der Waals surface area contributed by atoms with Crippen molar-refractivity contribution in [3.05, 3.63) is 119 Å². The van der Waals surface area contributed by atoms with E-state index in [2.05, 4.69) is 71.5 Å². The van der Waals surface area contributed by atoms with Gasteiger partial charge in [-0.1, -0.05) is 72.8 Å². The first-order valence-corrected chi connectivity index (χ1v) is 11.8. The number of aromatic nitrogens is 2. The van der Waals surface area contributed by atoms with E-state index in [4.69, 9.17) is 14.9 Å². The van der Waals surface area contributed by atoms with Crippen LogP contribution >= 0.6 is 0 Å². The highest BCUT2D eigenvalue weighted by molar-refractivity contribution is 5.68. The van der Waals surface area contributed by atoms with Crippen molar-refractivity contribution in [2.75, 3.05) is 6.61 Å². The molecular weight excluding hydrogens is 424 g/mol. The molecule has 1 N–H and O–H groups in total. The van der Waals surface area contributed by atoms with Crippen LogP contribution in [0.25, 0.3) is 0 Å². The van der Waals surface area contributed by atoms with Gasteiger partial charge in [-0.15, -0.1) is 0 Å². The summed E-state index contributed by atoms with van der Waals surface area (Å²) in [5.41, 5.74) is 5.92. The van der Waals surface area contributed by atoms with Gasteiger partial charge in [0.15, 0.2) is 6.61 Å². The van der Waals surface area contributed by atoms with Crippen molar-refractivity contribution < 1.29 is 14.6 Å². The van der Waals surface area contributed by atoms with E-state index in [1.165, 1.54) is 16.7 Å². The lowest BCUT2D eigenvalue weighted by atomic mass is 9.83. The maximum atomic E-state index is 10.9. The van der Waals surface area contributed by atoms with E-state index in [0.29, 0.717) is 11.7 Å². The van der Waals surface area contributed by atoms with E-state index in [1.807, 2.05) is 24.3 Å². The van der Waals surface area contributed by atoms with Crippen molar-refractivity contribution >= 4 is 5.97 Å². The molecule has 0 amide bonds. The lowest BCUT2D eigenvalue weighted by Gasteiger charge is -2.26. The number of rotatable bonds is 8. The zero-order chi connectivity index (χ0) is 23.3. The fourth-order valence-electron chi connectivity index (χ4n) is 5.00. The number of carboxylic acids is 1. The molecule has 5 rings (SSSR count). The maximum Gasteiger partial charge on any atom is 0.341 e. The summed E-state index contributed by atoms with van der Waals surface area (Å²) in [5.74, 6) is 0.324. The second kappa shape index (κ2) is 9.96. The summed E-state index contributed by atoms with van der Waals surface area (Å²) >= 11 is 0. The molecule has 1 aromatic heterocycles. The van der Waals surface area contributed by atoms with Crippen LogP contribution in [0.4, 0.5) is 0 Å². The Bertz CT molecular complexity index is 1210. The monoisotopic (exact) mass is 452 g/mol. The Hall–Kier alpha value is -3.86. The summed E-state index contributed by atoms with van der Waals surface area (Å²) in [6.45, 7) is 0.551. The lowest BCUT2D eigenvalue weighted by molar-refractivity contribution is -0.139. The van der Waals surface area contributed by atoms with Crippen LogP contribution < -0.4 is 4.74 Å². The largest absolute Gasteiger partial charge is 0.482 e. The molecule has 1 atom stereocenters. The minimum atomic E-state index is -0.954. The summed E-state index contributed by atoms with van der Waals surface area (Å²) in [7, 11) is 0. The Morgan fingerprint density at radius 3 is 2.35 bits per heavy atom. The molecule has 0 aliphatic heterocycles. The van der Waals surface area contributed by atoms with Crippen LogP contribution in [0.2, 0.25) is 0 Å². The molecule has 1 aliphatic carbocycles. The highest BCUT2D eigenvalue weighted by atomic mass is 16.5. The number of nitrogens with zero attached hydrogens (tertiary/aromatic N) is 2. The number of carbonyl (C=O) groups is 1. The number of hydrogen-bond donors (Lipinski definition) is 1. The number of carboxylic acid groups (broad SMARTS) is 1. The highest BCUT2D eigenvalue weighted by Crippen LogP contribution is 2.34. The normalized spacial score (nSPS) is 15.1. The van der Waals surface area contributed by atoms with Crippen LogP contribution in [-0.4, -0.2) is 27.5 Å². The summed E-state index contributed by atoms with van der Waals surface area (Å²) in [4.78, 5) is 10.9. The summed E-state index contributed by atoms with van der Waals surface area (Å²) in [5, 5.41) is 13.9. The van der Waals surface area contributed by atoms with Crippen LogP contribution in [0.3, 0.4) is 0 Å². The third kappa shape index (κ3) is 4.88. The Morgan fingerprint density at radius 1 is 0.971 bits per heavy atom. The van der Waals surface area contributed by atoms with E-state index in [9.17, 15) is 4.79 Å². The lowest BCUT2D eigenvalue weighted by Crippen LogP contribution is -2.21. The van der Waals surface area contributed by atoms with E-state index in [0.717, 1.165) is 37.1 Å². The maximum absolute atomic E-state index is 10.9. The third-order valence-corrected chi connectivity index (χ3v) is 6.56. The molecule has 34 heavy (non-hydrogen) atoms. The first-order chi connectivity index (χ1) is 16.7. The quantitative estimate of drug-likeness (QED) is 0.392. The molecule has 5 nitrogen and oxygen atoms in total. The van der Waals surface area contributed by atoms with E-state index < -0.39 is 5.97 Å². The fourth-order valence-corrected chi connectivity index (χ4v) is 5.00. The van der Waals surface area contributed by atoms with Crippen molar-refractivity contribution in [3.8, 4) is 5.75 Å². The molecule has 3 aromatic carbocycles. The molecule has 5 heteroatoms. The molecule has 0 fully saturated rings. The van der Waals surface area contributed by atoms with E-state index >= 15 is 0 Å². The summed E-state index contributed by atoms with van der Waals surface area (Å²) in [6.07, 6.45) is 4.95. The van der Waals surface area contributed by atoms with Gasteiger partial charge in [-0.05, 0) is 59.6 Å². The number of benzene rings is 3. The first-order valence-electron chi connectivity index (χ1n) is 11.8. The average Bonchev–Trinajstić information content (AvgIpc) is 3.31. The molecule has 0 saturated heterocycles. The Kier molecular flexibility index (Phi) is 6.43. The standard InChI is InChI=1S/C29H28N2O3/c32-28(33)20-34-27-13-7-12-24-18-21(14-15-25(24)27)19-31-17-16-26(30-31)29(22-8-3-1-4-9-22)23-10-5-2-6-11-23/h1-13,16-17,21,29H,14-15,18-20H2,(H,32,33). The first kappa shape index (κ1) is 22.0. The average molecular weight is 453 g/mol. The number of aliphatic carboxylic acids is 1. The molecular formula is C29H28N2O3. The van der Waals surface area contributed by atoms with Gasteiger partial charge in [-0.3, -0.25) is 4.68 Å². The molecule has 0 bridgehead atoms. The van der Waals surface area contributed by atoms with Gasteiger partial charge in [-0.25, -0.2) is 4.79 Å². The van der Waals surface area contributed by atoms with Crippen LogP contribution in [-0.2, 0) is 24.2 Å². The van der Waals surface area contributed by atoms with Crippen LogP contribution in [0, 0.1) is 5.92 Å².